The topological polar surface area (TPSA) is 149 Å². The summed E-state index contributed by atoms with van der Waals surface area (Å²) in [7, 11) is -13.7. The summed E-state index contributed by atoms with van der Waals surface area (Å²) < 4.78 is 216. The summed E-state index contributed by atoms with van der Waals surface area (Å²) in [5, 5.41) is 3.24. The molecule has 0 saturated heterocycles. The van der Waals surface area contributed by atoms with Gasteiger partial charge in [0, 0.05) is 6.61 Å². The molecule has 0 spiro atoms. The van der Waals surface area contributed by atoms with Crippen LogP contribution >= 0.6 is 0 Å². The van der Waals surface area contributed by atoms with Crippen LogP contribution in [0.2, 0.25) is 0 Å². The maximum Gasteiger partial charge on any atom is 0.461 e. The predicted molar refractivity (Wildman–Crippen MR) is 78.4 cm³/mol. The second-order valence-electron chi connectivity index (χ2n) is 5.49. The van der Waals surface area contributed by atoms with Crippen molar-refractivity contribution in [3.8, 4) is 0 Å². The first-order valence-electron chi connectivity index (χ1n) is 7.15. The Balaban J connectivity index is -0.000000458. The second kappa shape index (κ2) is 11.2. The minimum Gasteiger partial charge on any atom is -0.396 e. The third-order valence-corrected chi connectivity index (χ3v) is 4.45. The lowest BCUT2D eigenvalue weighted by atomic mass is 10.3. The second-order valence-corrected chi connectivity index (χ2v) is 8.42. The molecule has 0 bridgehead atoms. The minimum absolute atomic E-state index is 0.0810. The van der Waals surface area contributed by atoms with Crippen molar-refractivity contribution in [2.45, 2.75) is 54.2 Å². The van der Waals surface area contributed by atoms with Crippen molar-refractivity contribution in [3.05, 3.63) is 0 Å². The molecular formula is C10H12F14O8S2. The van der Waals surface area contributed by atoms with E-state index < -0.39 is 54.9 Å². The highest BCUT2D eigenvalue weighted by Gasteiger charge is 2.79. The van der Waals surface area contributed by atoms with E-state index >= 15 is 0 Å². The van der Waals surface area contributed by atoms with Crippen LogP contribution in [-0.2, 0) is 20.2 Å². The van der Waals surface area contributed by atoms with Crippen LogP contribution in [-0.4, -0.2) is 83.6 Å². The molecule has 0 rings (SSSR count). The zero-order chi connectivity index (χ0) is 29.0. The molecule has 8 nitrogen and oxygen atoms in total. The van der Waals surface area contributed by atoms with E-state index in [0.717, 1.165) is 0 Å². The van der Waals surface area contributed by atoms with Gasteiger partial charge in [0.2, 0.25) is 0 Å². The quantitative estimate of drug-likeness (QED) is 0.273. The summed E-state index contributed by atoms with van der Waals surface area (Å²) >= 11 is 0. The van der Waals surface area contributed by atoms with Crippen molar-refractivity contribution in [2.75, 3.05) is 6.61 Å². The normalized spacial score (nSPS) is 15.5. The van der Waals surface area contributed by atoms with E-state index in [-0.39, 0.29) is 12.7 Å². The Morgan fingerprint density at radius 3 is 0.853 bits per heavy atom. The fourth-order valence-corrected chi connectivity index (χ4v) is 1.72. The van der Waals surface area contributed by atoms with Gasteiger partial charge in [-0.05, 0) is 13.3 Å². The molecule has 0 fully saturated rings. The maximum atomic E-state index is 11.9. The van der Waals surface area contributed by atoms with Crippen molar-refractivity contribution in [3.63, 3.8) is 0 Å². The molecule has 4 N–H and O–H groups in total. The molecule has 210 valence electrons. The Morgan fingerprint density at radius 1 is 0.618 bits per heavy atom. The van der Waals surface area contributed by atoms with Gasteiger partial charge in [-0.1, -0.05) is 0 Å². The number of aliphatic hydroxyl groups excluding tert-OH is 2. The molecule has 0 aromatic rings. The van der Waals surface area contributed by atoms with E-state index in [9.17, 15) is 78.3 Å². The van der Waals surface area contributed by atoms with Gasteiger partial charge in [-0.3, -0.25) is 9.11 Å². The minimum atomic E-state index is -6.85. The molecule has 1 unspecified atom stereocenters. The van der Waals surface area contributed by atoms with E-state index in [1.165, 1.54) is 0 Å². The van der Waals surface area contributed by atoms with Crippen molar-refractivity contribution in [2.24, 2.45) is 0 Å². The molecule has 0 amide bonds. The Hall–Kier alpha value is -1.24. The van der Waals surface area contributed by atoms with Crippen LogP contribution < -0.4 is 0 Å². The fourth-order valence-electron chi connectivity index (χ4n) is 0.841. The van der Waals surface area contributed by atoms with E-state index in [0.29, 0.717) is 6.42 Å². The molecule has 24 heteroatoms. The molecule has 0 saturated carbocycles. The lowest BCUT2D eigenvalue weighted by molar-refractivity contribution is -0.333. The van der Waals surface area contributed by atoms with E-state index in [1.54, 1.807) is 6.92 Å². The molecule has 0 aromatic heterocycles. The number of aliphatic hydroxyl groups is 2. The van der Waals surface area contributed by atoms with Crippen molar-refractivity contribution in [1.82, 2.24) is 0 Å². The summed E-state index contributed by atoms with van der Waals surface area (Å²) in [6.07, 6.45) is -13.4. The van der Waals surface area contributed by atoms with Gasteiger partial charge in [0.15, 0.2) is 0 Å². The summed E-state index contributed by atoms with van der Waals surface area (Å²) in [6.45, 7) is 1.73. The van der Waals surface area contributed by atoms with Gasteiger partial charge in [-0.15, -0.1) is 0 Å². The molecule has 0 heterocycles. The van der Waals surface area contributed by atoms with Crippen LogP contribution in [0, 0.1) is 0 Å². The predicted octanol–water partition coefficient (Wildman–Crippen LogP) is 3.08. The SMILES string of the molecule is CC(O)CCO.O=S(=O)(O)C(F)(F)C(F)(F)C(F)(F)F.O=S(=O)(O)C(F)(F)C(F)(F)C(F)(F)F. The molecule has 0 radical (unpaired) electrons. The molecule has 34 heavy (non-hydrogen) atoms. The van der Waals surface area contributed by atoms with Crippen LogP contribution in [0.3, 0.4) is 0 Å². The van der Waals surface area contributed by atoms with Gasteiger partial charge >= 0.3 is 54.9 Å². The summed E-state index contributed by atoms with van der Waals surface area (Å²) in [4.78, 5) is 0. The first-order valence-corrected chi connectivity index (χ1v) is 10.0. The Morgan fingerprint density at radius 2 is 0.824 bits per heavy atom. The largest absolute Gasteiger partial charge is 0.461 e. The lowest BCUT2D eigenvalue weighted by Crippen LogP contribution is -2.55. The van der Waals surface area contributed by atoms with Crippen molar-refractivity contribution >= 4 is 20.2 Å². The van der Waals surface area contributed by atoms with Gasteiger partial charge in [-0.25, -0.2) is 0 Å². The molecule has 1 atom stereocenters. The van der Waals surface area contributed by atoms with E-state index in [4.69, 9.17) is 19.3 Å². The van der Waals surface area contributed by atoms with Gasteiger partial charge in [-0.2, -0.15) is 78.3 Å². The third-order valence-electron chi connectivity index (χ3n) is 2.64. The number of hydrogen-bond donors (Lipinski definition) is 4. The van der Waals surface area contributed by atoms with E-state index in [2.05, 4.69) is 0 Å². The van der Waals surface area contributed by atoms with E-state index in [1.807, 2.05) is 0 Å². The van der Waals surface area contributed by atoms with Crippen LogP contribution in [0.4, 0.5) is 61.5 Å². The average molecular weight is 590 g/mol. The Bertz CT molecular complexity index is 779. The van der Waals surface area contributed by atoms with Gasteiger partial charge in [0.25, 0.3) is 0 Å². The monoisotopic (exact) mass is 590 g/mol. The number of alkyl halides is 14. The Kier molecular flexibility index (Phi) is 12.3. The van der Waals surface area contributed by atoms with Crippen LogP contribution in [0.25, 0.3) is 0 Å². The average Bonchev–Trinajstić information content (AvgIpc) is 2.51. The third kappa shape index (κ3) is 8.76. The molecule has 0 aliphatic carbocycles. The van der Waals surface area contributed by atoms with Crippen LogP contribution in [0.1, 0.15) is 13.3 Å². The smallest absolute Gasteiger partial charge is 0.396 e. The molecule has 0 aliphatic rings. The first-order chi connectivity index (χ1) is 14.3. The van der Waals surface area contributed by atoms with Gasteiger partial charge in [0.1, 0.15) is 0 Å². The fraction of sp³-hybridized carbons (Fsp3) is 1.00. The van der Waals surface area contributed by atoms with Crippen molar-refractivity contribution < 1.29 is 97.6 Å². The molecular weight excluding hydrogens is 578 g/mol. The number of halogens is 14. The highest BCUT2D eigenvalue weighted by molar-refractivity contribution is 7.87. The zero-order valence-electron chi connectivity index (χ0n) is 15.5. The molecule has 0 aliphatic heterocycles. The van der Waals surface area contributed by atoms with Crippen LogP contribution in [0.5, 0.6) is 0 Å². The summed E-state index contributed by atoms with van der Waals surface area (Å²) in [5.41, 5.74) is 0. The van der Waals surface area contributed by atoms with Gasteiger partial charge < -0.3 is 10.2 Å². The summed E-state index contributed by atoms with van der Waals surface area (Å²) in [5.74, 6) is -13.7. The first kappa shape index (κ1) is 37.3. The maximum absolute atomic E-state index is 11.9. The van der Waals surface area contributed by atoms with Crippen molar-refractivity contribution in [1.29, 1.82) is 0 Å². The molecule has 0 aromatic carbocycles. The number of hydrogen-bond acceptors (Lipinski definition) is 6. The lowest BCUT2D eigenvalue weighted by Gasteiger charge is -2.25. The van der Waals surface area contributed by atoms with Crippen LogP contribution in [0.15, 0.2) is 0 Å². The summed E-state index contributed by atoms with van der Waals surface area (Å²) in [6, 6.07) is 0. The number of rotatable bonds is 6. The highest BCUT2D eigenvalue weighted by Crippen LogP contribution is 2.49. The zero-order valence-corrected chi connectivity index (χ0v) is 17.2. The highest BCUT2D eigenvalue weighted by atomic mass is 32.2. The standard InChI is InChI=1S/C4H10O2.2C3HF7O3S/c1-4(6)2-3-5;2*4-1(5,2(6,7)8)3(9,10)14(11,12)13/h4-6H,2-3H2,1H3;2*(H,11,12,13). The van der Waals surface area contributed by atoms with Gasteiger partial charge in [0.05, 0.1) is 6.10 Å². The Labute approximate surface area is 179 Å².